The fourth-order valence-electron chi connectivity index (χ4n) is 2.73. The van der Waals surface area contributed by atoms with Crippen LogP contribution in [0.1, 0.15) is 43.2 Å². The molecule has 0 radical (unpaired) electrons. The van der Waals surface area contributed by atoms with Gasteiger partial charge in [-0.05, 0) is 43.0 Å². The van der Waals surface area contributed by atoms with Gasteiger partial charge >= 0.3 is 0 Å². The van der Waals surface area contributed by atoms with E-state index in [-0.39, 0.29) is 0 Å². The van der Waals surface area contributed by atoms with E-state index in [0.717, 1.165) is 18.0 Å². The van der Waals surface area contributed by atoms with Gasteiger partial charge in [-0.3, -0.25) is 0 Å². The standard InChI is InChI=1S/C15H22N2S/c1-11-10-13(15(16)18)6-7-14(11)17-9-8-12-4-2-3-5-12/h6-7,10,12,17H,2-5,8-9H2,1H3,(H2,16,18). The lowest BCUT2D eigenvalue weighted by Crippen LogP contribution is -2.11. The maximum atomic E-state index is 5.63. The summed E-state index contributed by atoms with van der Waals surface area (Å²) in [4.78, 5) is 0.468. The minimum absolute atomic E-state index is 0.468. The Morgan fingerprint density at radius 1 is 1.39 bits per heavy atom. The molecule has 3 N–H and O–H groups in total. The first kappa shape index (κ1) is 13.3. The van der Waals surface area contributed by atoms with Crippen molar-refractivity contribution in [1.29, 1.82) is 0 Å². The van der Waals surface area contributed by atoms with Crippen molar-refractivity contribution in [1.82, 2.24) is 0 Å². The maximum absolute atomic E-state index is 5.63. The van der Waals surface area contributed by atoms with Crippen molar-refractivity contribution in [3.63, 3.8) is 0 Å². The number of thiocarbonyl (C=S) groups is 1. The average Bonchev–Trinajstić information content (AvgIpc) is 2.84. The summed E-state index contributed by atoms with van der Waals surface area (Å²) in [5.41, 5.74) is 8.99. The summed E-state index contributed by atoms with van der Waals surface area (Å²) in [6.45, 7) is 3.16. The van der Waals surface area contributed by atoms with Crippen molar-refractivity contribution in [3.8, 4) is 0 Å². The summed E-state index contributed by atoms with van der Waals surface area (Å²) >= 11 is 4.98. The summed E-state index contributed by atoms with van der Waals surface area (Å²) in [6, 6.07) is 6.13. The molecule has 1 aliphatic rings. The smallest absolute Gasteiger partial charge is 0.103 e. The van der Waals surface area contributed by atoms with Crippen LogP contribution in [0.4, 0.5) is 5.69 Å². The van der Waals surface area contributed by atoms with Gasteiger partial charge in [0.15, 0.2) is 0 Å². The van der Waals surface area contributed by atoms with Crippen molar-refractivity contribution in [3.05, 3.63) is 29.3 Å². The molecule has 2 rings (SSSR count). The van der Waals surface area contributed by atoms with Gasteiger partial charge in [0.1, 0.15) is 4.99 Å². The van der Waals surface area contributed by atoms with E-state index in [1.54, 1.807) is 0 Å². The fraction of sp³-hybridized carbons (Fsp3) is 0.533. The van der Waals surface area contributed by atoms with E-state index in [0.29, 0.717) is 4.99 Å². The van der Waals surface area contributed by atoms with E-state index >= 15 is 0 Å². The highest BCUT2D eigenvalue weighted by atomic mass is 32.1. The second-order valence-corrected chi connectivity index (χ2v) is 5.70. The van der Waals surface area contributed by atoms with Crippen LogP contribution in [0.3, 0.4) is 0 Å². The van der Waals surface area contributed by atoms with Gasteiger partial charge in [-0.2, -0.15) is 0 Å². The van der Waals surface area contributed by atoms with Gasteiger partial charge in [-0.25, -0.2) is 0 Å². The molecular formula is C15H22N2S. The highest BCUT2D eigenvalue weighted by Gasteiger charge is 2.14. The lowest BCUT2D eigenvalue weighted by Gasteiger charge is -2.13. The molecule has 0 saturated heterocycles. The third kappa shape index (κ3) is 3.45. The van der Waals surface area contributed by atoms with E-state index in [4.69, 9.17) is 18.0 Å². The van der Waals surface area contributed by atoms with Gasteiger partial charge in [-0.15, -0.1) is 0 Å². The number of anilines is 1. The summed E-state index contributed by atoms with van der Waals surface area (Å²) in [5.74, 6) is 0.939. The molecule has 0 heterocycles. The van der Waals surface area contributed by atoms with Gasteiger partial charge in [0.25, 0.3) is 0 Å². The number of hydrogen-bond donors (Lipinski definition) is 2. The third-order valence-corrected chi connectivity index (χ3v) is 4.09. The number of rotatable bonds is 5. The Hall–Kier alpha value is -1.09. The molecule has 0 bridgehead atoms. The lowest BCUT2D eigenvalue weighted by molar-refractivity contribution is 0.518. The molecular weight excluding hydrogens is 240 g/mol. The Kier molecular flexibility index (Phi) is 4.59. The van der Waals surface area contributed by atoms with Crippen molar-refractivity contribution >= 4 is 22.9 Å². The van der Waals surface area contributed by atoms with Crippen LogP contribution in [-0.4, -0.2) is 11.5 Å². The second kappa shape index (κ2) is 6.19. The highest BCUT2D eigenvalue weighted by molar-refractivity contribution is 7.80. The van der Waals surface area contributed by atoms with E-state index in [9.17, 15) is 0 Å². The maximum Gasteiger partial charge on any atom is 0.103 e. The quantitative estimate of drug-likeness (QED) is 0.796. The molecule has 0 spiro atoms. The van der Waals surface area contributed by atoms with E-state index in [1.165, 1.54) is 43.4 Å². The molecule has 0 atom stereocenters. The van der Waals surface area contributed by atoms with Crippen LogP contribution < -0.4 is 11.1 Å². The van der Waals surface area contributed by atoms with Crippen molar-refractivity contribution in [2.75, 3.05) is 11.9 Å². The molecule has 3 heteroatoms. The summed E-state index contributed by atoms with van der Waals surface area (Å²) in [5, 5.41) is 3.52. The van der Waals surface area contributed by atoms with E-state index in [2.05, 4.69) is 24.4 Å². The molecule has 1 aromatic carbocycles. The van der Waals surface area contributed by atoms with Crippen LogP contribution in [0, 0.1) is 12.8 Å². The van der Waals surface area contributed by atoms with E-state index in [1.807, 2.05) is 6.07 Å². The Balaban J connectivity index is 1.87. The summed E-state index contributed by atoms with van der Waals surface area (Å²) in [6.07, 6.45) is 6.97. The highest BCUT2D eigenvalue weighted by Crippen LogP contribution is 2.27. The minimum Gasteiger partial charge on any atom is -0.389 e. The minimum atomic E-state index is 0.468. The zero-order chi connectivity index (χ0) is 13.0. The van der Waals surface area contributed by atoms with Gasteiger partial charge < -0.3 is 11.1 Å². The van der Waals surface area contributed by atoms with Gasteiger partial charge in [0, 0.05) is 17.8 Å². The number of nitrogens with two attached hydrogens (primary N) is 1. The molecule has 98 valence electrons. The molecule has 0 unspecified atom stereocenters. The Labute approximate surface area is 115 Å². The van der Waals surface area contributed by atoms with E-state index < -0.39 is 0 Å². The number of hydrogen-bond acceptors (Lipinski definition) is 2. The molecule has 0 aromatic heterocycles. The second-order valence-electron chi connectivity index (χ2n) is 5.26. The largest absolute Gasteiger partial charge is 0.389 e. The van der Waals surface area contributed by atoms with Gasteiger partial charge in [0.2, 0.25) is 0 Å². The Morgan fingerprint density at radius 3 is 2.72 bits per heavy atom. The first-order chi connectivity index (χ1) is 8.66. The Morgan fingerprint density at radius 2 is 2.11 bits per heavy atom. The zero-order valence-electron chi connectivity index (χ0n) is 11.0. The van der Waals surface area contributed by atoms with Crippen LogP contribution in [0.5, 0.6) is 0 Å². The van der Waals surface area contributed by atoms with Crippen LogP contribution in [0.15, 0.2) is 18.2 Å². The lowest BCUT2D eigenvalue weighted by atomic mass is 10.0. The first-order valence-corrected chi connectivity index (χ1v) is 7.22. The topological polar surface area (TPSA) is 38.0 Å². The molecule has 2 nitrogen and oxygen atoms in total. The SMILES string of the molecule is Cc1cc(C(N)=S)ccc1NCCC1CCCC1. The first-order valence-electron chi connectivity index (χ1n) is 6.81. The zero-order valence-corrected chi connectivity index (χ0v) is 11.9. The number of aryl methyl sites for hydroxylation is 1. The molecule has 1 fully saturated rings. The van der Waals surface area contributed by atoms with Gasteiger partial charge in [-0.1, -0.05) is 37.9 Å². The predicted octanol–water partition coefficient (Wildman–Crippen LogP) is 3.62. The average molecular weight is 262 g/mol. The third-order valence-electron chi connectivity index (χ3n) is 3.85. The van der Waals surface area contributed by atoms with Crippen LogP contribution >= 0.6 is 12.2 Å². The summed E-state index contributed by atoms with van der Waals surface area (Å²) < 4.78 is 0. The Bertz CT molecular complexity index is 423. The number of benzene rings is 1. The fourth-order valence-corrected chi connectivity index (χ4v) is 2.85. The van der Waals surface area contributed by atoms with Gasteiger partial charge in [0.05, 0.1) is 0 Å². The molecule has 0 aliphatic heterocycles. The molecule has 1 aromatic rings. The molecule has 1 saturated carbocycles. The normalized spacial score (nSPS) is 15.8. The summed E-state index contributed by atoms with van der Waals surface area (Å²) in [7, 11) is 0. The molecule has 0 amide bonds. The predicted molar refractivity (Wildman–Crippen MR) is 82.1 cm³/mol. The van der Waals surface area contributed by atoms with Crippen LogP contribution in [-0.2, 0) is 0 Å². The monoisotopic (exact) mass is 262 g/mol. The number of nitrogens with one attached hydrogen (secondary N) is 1. The van der Waals surface area contributed by atoms with Crippen molar-refractivity contribution in [2.45, 2.75) is 39.0 Å². The molecule has 1 aliphatic carbocycles. The van der Waals surface area contributed by atoms with Crippen molar-refractivity contribution < 1.29 is 0 Å². The van der Waals surface area contributed by atoms with Crippen LogP contribution in [0.2, 0.25) is 0 Å². The van der Waals surface area contributed by atoms with Crippen LogP contribution in [0.25, 0.3) is 0 Å². The molecule has 18 heavy (non-hydrogen) atoms. The van der Waals surface area contributed by atoms with Crippen molar-refractivity contribution in [2.24, 2.45) is 11.7 Å².